The maximum absolute atomic E-state index is 12.2. The first-order chi connectivity index (χ1) is 9.61. The van der Waals surface area contributed by atoms with Crippen molar-refractivity contribution in [1.82, 2.24) is 15.1 Å². The second-order valence-corrected chi connectivity index (χ2v) is 4.28. The molecule has 0 fully saturated rings. The summed E-state index contributed by atoms with van der Waals surface area (Å²) in [5.74, 6) is 0.453. The molecule has 0 aliphatic rings. The zero-order valence-electron chi connectivity index (χ0n) is 11.3. The Bertz CT molecular complexity index is 646. The Hall–Kier alpha value is -2.63. The fourth-order valence-corrected chi connectivity index (χ4v) is 1.82. The Labute approximate surface area is 116 Å². The number of methoxy groups -OCH3 is 1. The monoisotopic (exact) mass is 273 g/mol. The van der Waals surface area contributed by atoms with Gasteiger partial charge in [-0.3, -0.25) is 9.59 Å². The van der Waals surface area contributed by atoms with Gasteiger partial charge in [-0.25, -0.2) is 5.10 Å². The highest BCUT2D eigenvalue weighted by atomic mass is 16.5. The Morgan fingerprint density at radius 1 is 1.30 bits per heavy atom. The molecule has 1 aromatic heterocycles. The molecule has 1 heterocycles. The molecular formula is C14H15N3O3. The molecule has 20 heavy (non-hydrogen) atoms. The van der Waals surface area contributed by atoms with Gasteiger partial charge in [-0.05, 0) is 12.1 Å². The molecule has 0 radical (unpaired) electrons. The van der Waals surface area contributed by atoms with Crippen LogP contribution in [0.25, 0.3) is 0 Å². The Morgan fingerprint density at radius 3 is 2.70 bits per heavy atom. The number of rotatable bonds is 4. The molecule has 6 nitrogen and oxygen atoms in total. The zero-order valence-corrected chi connectivity index (χ0v) is 11.3. The highest BCUT2D eigenvalue weighted by Gasteiger charge is 2.15. The van der Waals surface area contributed by atoms with Crippen LogP contribution in [0, 0.1) is 0 Å². The number of hydrogen-bond donors (Lipinski definition) is 1. The predicted octanol–water partition coefficient (Wildman–Crippen LogP) is 1.05. The molecule has 104 valence electrons. The summed E-state index contributed by atoms with van der Waals surface area (Å²) >= 11 is 0. The average molecular weight is 273 g/mol. The lowest BCUT2D eigenvalue weighted by Crippen LogP contribution is -2.28. The summed E-state index contributed by atoms with van der Waals surface area (Å²) in [7, 11) is 3.26. The first-order valence-corrected chi connectivity index (χ1v) is 6.05. The van der Waals surface area contributed by atoms with Gasteiger partial charge >= 0.3 is 0 Å². The van der Waals surface area contributed by atoms with E-state index in [1.54, 1.807) is 14.2 Å². The maximum atomic E-state index is 12.2. The molecule has 1 N–H and O–H groups in total. The fraction of sp³-hybridized carbons (Fsp3) is 0.214. The van der Waals surface area contributed by atoms with Crippen LogP contribution in [-0.4, -0.2) is 35.2 Å². The lowest BCUT2D eigenvalue weighted by atomic mass is 10.2. The van der Waals surface area contributed by atoms with Crippen molar-refractivity contribution in [2.75, 3.05) is 14.2 Å². The standard InChI is InChI=1S/C14H15N3O3/c1-17(9-10-5-3-4-6-12(10)20-2)14(19)11-7-8-13(18)16-15-11/h3-8H,9H2,1-2H3,(H,16,18). The third kappa shape index (κ3) is 3.03. The van der Waals surface area contributed by atoms with Crippen LogP contribution in [0.3, 0.4) is 0 Å². The van der Waals surface area contributed by atoms with E-state index in [0.29, 0.717) is 6.54 Å². The van der Waals surface area contributed by atoms with Gasteiger partial charge in [0.15, 0.2) is 0 Å². The zero-order chi connectivity index (χ0) is 14.5. The molecule has 6 heteroatoms. The van der Waals surface area contributed by atoms with Crippen LogP contribution in [-0.2, 0) is 6.54 Å². The highest BCUT2D eigenvalue weighted by molar-refractivity contribution is 5.91. The first kappa shape index (κ1) is 13.8. The summed E-state index contributed by atoms with van der Waals surface area (Å²) in [6.45, 7) is 0.393. The van der Waals surface area contributed by atoms with Gasteiger partial charge in [0.2, 0.25) is 0 Å². The van der Waals surface area contributed by atoms with Crippen molar-refractivity contribution in [3.63, 3.8) is 0 Å². The van der Waals surface area contributed by atoms with Crippen LogP contribution in [0.4, 0.5) is 0 Å². The molecule has 0 atom stereocenters. The Morgan fingerprint density at radius 2 is 2.05 bits per heavy atom. The van der Waals surface area contributed by atoms with E-state index in [1.165, 1.54) is 17.0 Å². The summed E-state index contributed by atoms with van der Waals surface area (Å²) in [6.07, 6.45) is 0. The number of nitrogens with zero attached hydrogens (tertiary/aromatic N) is 2. The topological polar surface area (TPSA) is 75.3 Å². The van der Waals surface area contributed by atoms with Crippen molar-refractivity contribution in [2.24, 2.45) is 0 Å². The van der Waals surface area contributed by atoms with E-state index in [0.717, 1.165) is 11.3 Å². The third-order valence-corrected chi connectivity index (χ3v) is 2.84. The van der Waals surface area contributed by atoms with Gasteiger partial charge in [0.25, 0.3) is 11.5 Å². The van der Waals surface area contributed by atoms with Crippen molar-refractivity contribution in [3.8, 4) is 5.75 Å². The third-order valence-electron chi connectivity index (χ3n) is 2.84. The number of amides is 1. The molecule has 0 unspecified atom stereocenters. The Balaban J connectivity index is 2.15. The molecule has 0 spiro atoms. The van der Waals surface area contributed by atoms with Gasteiger partial charge in [-0.2, -0.15) is 5.10 Å². The first-order valence-electron chi connectivity index (χ1n) is 6.05. The molecule has 1 aromatic carbocycles. The lowest BCUT2D eigenvalue weighted by molar-refractivity contribution is 0.0777. The summed E-state index contributed by atoms with van der Waals surface area (Å²) in [6, 6.07) is 10.2. The molecule has 2 rings (SSSR count). The average Bonchev–Trinajstić information content (AvgIpc) is 2.48. The lowest BCUT2D eigenvalue weighted by Gasteiger charge is -2.18. The van der Waals surface area contributed by atoms with E-state index in [4.69, 9.17) is 4.74 Å². The van der Waals surface area contributed by atoms with Gasteiger partial charge in [0.1, 0.15) is 11.4 Å². The summed E-state index contributed by atoms with van der Waals surface area (Å²) in [5.41, 5.74) is 0.756. The number of hydrogen-bond acceptors (Lipinski definition) is 4. The molecule has 0 saturated carbocycles. The van der Waals surface area contributed by atoms with Crippen LogP contribution in [0.2, 0.25) is 0 Å². The molecule has 2 aromatic rings. The molecule has 0 bridgehead atoms. The highest BCUT2D eigenvalue weighted by Crippen LogP contribution is 2.19. The van der Waals surface area contributed by atoms with Crippen molar-refractivity contribution in [2.45, 2.75) is 6.54 Å². The number of carbonyl (C=O) groups excluding carboxylic acids is 1. The smallest absolute Gasteiger partial charge is 0.274 e. The van der Waals surface area contributed by atoms with Crippen molar-refractivity contribution >= 4 is 5.91 Å². The quantitative estimate of drug-likeness (QED) is 0.903. The van der Waals surface area contributed by atoms with E-state index in [-0.39, 0.29) is 17.2 Å². The number of aromatic nitrogens is 2. The SMILES string of the molecule is COc1ccccc1CN(C)C(=O)c1ccc(=O)[nH]n1. The molecule has 1 amide bonds. The minimum Gasteiger partial charge on any atom is -0.496 e. The van der Waals surface area contributed by atoms with Gasteiger partial charge in [-0.1, -0.05) is 18.2 Å². The predicted molar refractivity (Wildman–Crippen MR) is 73.6 cm³/mol. The Kier molecular flexibility index (Phi) is 4.14. The molecule has 0 aliphatic heterocycles. The minimum absolute atomic E-state index is 0.196. The molecule has 0 aliphatic carbocycles. The van der Waals surface area contributed by atoms with Crippen molar-refractivity contribution < 1.29 is 9.53 Å². The summed E-state index contributed by atoms with van der Waals surface area (Å²) in [4.78, 5) is 24.6. The van der Waals surface area contributed by atoms with Crippen LogP contribution in [0.1, 0.15) is 16.1 Å². The minimum atomic E-state index is -0.339. The number of carbonyl (C=O) groups is 1. The summed E-state index contributed by atoms with van der Waals surface area (Å²) < 4.78 is 5.25. The van der Waals surface area contributed by atoms with E-state index >= 15 is 0 Å². The number of para-hydroxylation sites is 1. The number of H-pyrrole nitrogens is 1. The maximum Gasteiger partial charge on any atom is 0.274 e. The van der Waals surface area contributed by atoms with E-state index in [1.807, 2.05) is 24.3 Å². The van der Waals surface area contributed by atoms with Gasteiger partial charge in [0.05, 0.1) is 7.11 Å². The molecular weight excluding hydrogens is 258 g/mol. The number of ether oxygens (including phenoxy) is 1. The second kappa shape index (κ2) is 6.01. The van der Waals surface area contributed by atoms with E-state index in [9.17, 15) is 9.59 Å². The van der Waals surface area contributed by atoms with Crippen molar-refractivity contribution in [1.29, 1.82) is 0 Å². The second-order valence-electron chi connectivity index (χ2n) is 4.28. The van der Waals surface area contributed by atoms with Gasteiger partial charge < -0.3 is 9.64 Å². The molecule has 0 saturated heterocycles. The van der Waals surface area contributed by atoms with E-state index in [2.05, 4.69) is 10.2 Å². The number of benzene rings is 1. The summed E-state index contributed by atoms with van der Waals surface area (Å²) in [5, 5.41) is 5.97. The van der Waals surface area contributed by atoms with Gasteiger partial charge in [-0.15, -0.1) is 0 Å². The fourth-order valence-electron chi connectivity index (χ4n) is 1.82. The number of nitrogens with one attached hydrogen (secondary N) is 1. The van der Waals surface area contributed by atoms with Crippen LogP contribution < -0.4 is 10.3 Å². The van der Waals surface area contributed by atoms with Crippen LogP contribution >= 0.6 is 0 Å². The van der Waals surface area contributed by atoms with E-state index < -0.39 is 0 Å². The largest absolute Gasteiger partial charge is 0.496 e. The number of aromatic amines is 1. The van der Waals surface area contributed by atoms with Crippen LogP contribution in [0.5, 0.6) is 5.75 Å². The van der Waals surface area contributed by atoms with Crippen LogP contribution in [0.15, 0.2) is 41.2 Å². The van der Waals surface area contributed by atoms with Gasteiger partial charge in [0, 0.05) is 25.2 Å². The normalized spacial score (nSPS) is 10.1. The van der Waals surface area contributed by atoms with Crippen molar-refractivity contribution in [3.05, 3.63) is 58.0 Å².